The molecule has 1 atom stereocenters. The number of hydrogen-bond acceptors (Lipinski definition) is 6. The van der Waals surface area contributed by atoms with Crippen molar-refractivity contribution in [3.63, 3.8) is 0 Å². The predicted molar refractivity (Wildman–Crippen MR) is 93.7 cm³/mol. The summed E-state index contributed by atoms with van der Waals surface area (Å²) < 4.78 is 5.46. The highest BCUT2D eigenvalue weighted by Gasteiger charge is 2.19. The van der Waals surface area contributed by atoms with Gasteiger partial charge in [0, 0.05) is 19.7 Å². The fourth-order valence-electron chi connectivity index (χ4n) is 2.60. The minimum atomic E-state index is -0.529. The molecule has 3 rings (SSSR count). The molecule has 2 N–H and O–H groups in total. The van der Waals surface area contributed by atoms with E-state index < -0.39 is 10.5 Å². The van der Waals surface area contributed by atoms with Gasteiger partial charge in [0.05, 0.1) is 28.3 Å². The summed E-state index contributed by atoms with van der Waals surface area (Å²) in [6.07, 6.45) is 0.992. The Bertz CT molecular complexity index is 956. The molecule has 0 saturated heterocycles. The second-order valence-electron chi connectivity index (χ2n) is 5.39. The molecule has 128 valence electrons. The van der Waals surface area contributed by atoms with Crippen LogP contribution in [0.25, 0.3) is 10.9 Å². The van der Waals surface area contributed by atoms with Crippen LogP contribution in [0.1, 0.15) is 11.7 Å². The summed E-state index contributed by atoms with van der Waals surface area (Å²) >= 11 is 0. The van der Waals surface area contributed by atoms with Crippen LogP contribution in [0.2, 0.25) is 0 Å². The molecule has 25 heavy (non-hydrogen) atoms. The van der Waals surface area contributed by atoms with Gasteiger partial charge in [-0.2, -0.15) is 0 Å². The Balaban J connectivity index is 1.93. The molecule has 0 saturated carbocycles. The highest BCUT2D eigenvalue weighted by Crippen LogP contribution is 2.29. The lowest BCUT2D eigenvalue weighted by atomic mass is 10.1. The van der Waals surface area contributed by atoms with Crippen molar-refractivity contribution < 1.29 is 9.66 Å². The van der Waals surface area contributed by atoms with E-state index in [0.717, 1.165) is 5.56 Å². The van der Waals surface area contributed by atoms with Gasteiger partial charge in [-0.1, -0.05) is 30.3 Å². The smallest absolute Gasteiger partial charge is 0.293 e. The molecule has 1 aromatic heterocycles. The van der Waals surface area contributed by atoms with Crippen molar-refractivity contribution in [2.45, 2.75) is 6.10 Å². The number of H-pyrrole nitrogens is 1. The molecule has 3 aromatic rings. The van der Waals surface area contributed by atoms with Crippen LogP contribution in [0.4, 0.5) is 11.4 Å². The number of methoxy groups -OCH3 is 1. The van der Waals surface area contributed by atoms with Crippen LogP contribution in [0.5, 0.6) is 0 Å². The van der Waals surface area contributed by atoms with E-state index in [9.17, 15) is 14.9 Å². The van der Waals surface area contributed by atoms with E-state index in [-0.39, 0.29) is 22.9 Å². The van der Waals surface area contributed by atoms with Gasteiger partial charge in [0.1, 0.15) is 5.69 Å². The van der Waals surface area contributed by atoms with Crippen molar-refractivity contribution in [3.8, 4) is 0 Å². The van der Waals surface area contributed by atoms with Crippen LogP contribution >= 0.6 is 0 Å². The summed E-state index contributed by atoms with van der Waals surface area (Å²) in [4.78, 5) is 29.1. The number of anilines is 1. The number of nitrogens with zero attached hydrogens (tertiary/aromatic N) is 2. The third-order valence-electron chi connectivity index (χ3n) is 3.89. The number of ether oxygens (including phenoxy) is 1. The summed E-state index contributed by atoms with van der Waals surface area (Å²) in [5.74, 6) is 0. The highest BCUT2D eigenvalue weighted by atomic mass is 16.6. The molecule has 1 heterocycles. The Kier molecular flexibility index (Phi) is 4.71. The third-order valence-corrected chi connectivity index (χ3v) is 3.89. The predicted octanol–water partition coefficient (Wildman–Crippen LogP) is 2.63. The summed E-state index contributed by atoms with van der Waals surface area (Å²) in [5.41, 5.74) is 1.02. The summed E-state index contributed by atoms with van der Waals surface area (Å²) in [6.45, 7) is 0.329. The second kappa shape index (κ2) is 7.10. The number of hydrogen-bond donors (Lipinski definition) is 2. The molecule has 0 aliphatic carbocycles. The average molecular weight is 340 g/mol. The SMILES string of the molecule is CO[C@@H](CNc1cc2nc[nH]c(=O)c2cc1[N+](=O)[O-])c1ccccc1. The topological polar surface area (TPSA) is 110 Å². The van der Waals surface area contributed by atoms with Crippen LogP contribution in [0.15, 0.2) is 53.6 Å². The van der Waals surface area contributed by atoms with Gasteiger partial charge in [-0.25, -0.2) is 4.98 Å². The van der Waals surface area contributed by atoms with Crippen LogP contribution in [-0.2, 0) is 4.74 Å². The molecule has 0 unspecified atom stereocenters. The zero-order chi connectivity index (χ0) is 17.8. The van der Waals surface area contributed by atoms with Crippen molar-refractivity contribution >= 4 is 22.3 Å². The van der Waals surface area contributed by atoms with Crippen molar-refractivity contribution in [1.29, 1.82) is 0 Å². The van der Waals surface area contributed by atoms with E-state index in [2.05, 4.69) is 15.3 Å². The summed E-state index contributed by atoms with van der Waals surface area (Å²) in [6, 6.07) is 12.3. The van der Waals surface area contributed by atoms with E-state index in [1.807, 2.05) is 30.3 Å². The molecular weight excluding hydrogens is 324 g/mol. The maximum atomic E-state index is 11.8. The Morgan fingerprint density at radius 1 is 1.32 bits per heavy atom. The molecule has 0 aliphatic heterocycles. The Morgan fingerprint density at radius 3 is 2.76 bits per heavy atom. The molecule has 0 spiro atoms. The summed E-state index contributed by atoms with van der Waals surface area (Å²) in [7, 11) is 1.58. The van der Waals surface area contributed by atoms with Crippen molar-refractivity contribution in [2.24, 2.45) is 0 Å². The lowest BCUT2D eigenvalue weighted by Crippen LogP contribution is -2.15. The quantitative estimate of drug-likeness (QED) is 0.527. The van der Waals surface area contributed by atoms with E-state index in [1.165, 1.54) is 18.5 Å². The first kappa shape index (κ1) is 16.6. The molecular formula is C17H16N4O4. The molecule has 0 bridgehead atoms. The first-order valence-electron chi connectivity index (χ1n) is 7.57. The molecule has 0 amide bonds. The van der Waals surface area contributed by atoms with Gasteiger partial charge in [-0.15, -0.1) is 0 Å². The van der Waals surface area contributed by atoms with Gasteiger partial charge in [0.15, 0.2) is 0 Å². The summed E-state index contributed by atoms with van der Waals surface area (Å²) in [5, 5.41) is 14.6. The van der Waals surface area contributed by atoms with Gasteiger partial charge in [0.2, 0.25) is 0 Å². The molecule has 2 aromatic carbocycles. The van der Waals surface area contributed by atoms with Gasteiger partial charge in [-0.3, -0.25) is 14.9 Å². The van der Waals surface area contributed by atoms with Gasteiger partial charge in [-0.05, 0) is 11.6 Å². The van der Waals surface area contributed by atoms with Gasteiger partial charge in [0.25, 0.3) is 11.2 Å². The first-order chi connectivity index (χ1) is 12.1. The highest BCUT2D eigenvalue weighted by molar-refractivity contribution is 5.86. The van der Waals surface area contributed by atoms with Crippen LogP contribution in [0.3, 0.4) is 0 Å². The molecule has 0 radical (unpaired) electrons. The Hall–Kier alpha value is -3.26. The zero-order valence-electron chi connectivity index (χ0n) is 13.4. The standard InChI is InChI=1S/C17H16N4O4/c1-25-16(11-5-3-2-4-6-11)9-18-14-8-13-12(7-15(14)21(23)24)17(22)20-10-19-13/h2-8,10,16,18H,9H2,1H3,(H,19,20,22)/t16-/m0/s1. The second-order valence-corrected chi connectivity index (χ2v) is 5.39. The maximum Gasteiger partial charge on any atom is 0.293 e. The van der Waals surface area contributed by atoms with Crippen molar-refractivity contribution in [1.82, 2.24) is 9.97 Å². The molecule has 8 heteroatoms. The van der Waals surface area contributed by atoms with E-state index >= 15 is 0 Å². The van der Waals surface area contributed by atoms with Crippen molar-refractivity contribution in [2.75, 3.05) is 19.0 Å². The first-order valence-corrected chi connectivity index (χ1v) is 7.57. The van der Waals surface area contributed by atoms with Crippen LogP contribution in [-0.4, -0.2) is 28.5 Å². The lowest BCUT2D eigenvalue weighted by molar-refractivity contribution is -0.383. The lowest BCUT2D eigenvalue weighted by Gasteiger charge is -2.17. The number of nitro benzene ring substituents is 1. The monoisotopic (exact) mass is 340 g/mol. The van der Waals surface area contributed by atoms with E-state index in [0.29, 0.717) is 12.1 Å². The number of nitrogens with one attached hydrogen (secondary N) is 2. The number of fused-ring (bicyclic) bond motifs is 1. The molecule has 8 nitrogen and oxygen atoms in total. The Morgan fingerprint density at radius 2 is 2.08 bits per heavy atom. The van der Waals surface area contributed by atoms with Crippen molar-refractivity contribution in [3.05, 3.63) is 74.8 Å². The third kappa shape index (κ3) is 3.48. The fraction of sp³-hybridized carbons (Fsp3) is 0.176. The minimum absolute atomic E-state index is 0.172. The van der Waals surface area contributed by atoms with Gasteiger partial charge >= 0.3 is 0 Å². The largest absolute Gasteiger partial charge is 0.376 e. The van der Waals surface area contributed by atoms with Crippen LogP contribution < -0.4 is 10.9 Å². The normalized spacial score (nSPS) is 12.0. The minimum Gasteiger partial charge on any atom is -0.376 e. The fourth-order valence-corrected chi connectivity index (χ4v) is 2.60. The van der Waals surface area contributed by atoms with E-state index in [4.69, 9.17) is 4.74 Å². The van der Waals surface area contributed by atoms with Crippen LogP contribution in [0, 0.1) is 10.1 Å². The number of rotatable bonds is 6. The number of benzene rings is 2. The Labute approximate surface area is 142 Å². The number of aromatic nitrogens is 2. The van der Waals surface area contributed by atoms with E-state index in [1.54, 1.807) is 7.11 Å². The maximum absolute atomic E-state index is 11.8. The zero-order valence-corrected chi connectivity index (χ0v) is 13.4. The van der Waals surface area contributed by atoms with Gasteiger partial charge < -0.3 is 15.0 Å². The molecule has 0 fully saturated rings. The average Bonchev–Trinajstić information content (AvgIpc) is 2.62. The molecule has 0 aliphatic rings. The number of nitro groups is 1. The number of aromatic amines is 1.